The molecule has 0 aromatic carbocycles. The Hall–Kier alpha value is -1.17. The molecule has 0 radical (unpaired) electrons. The van der Waals surface area contributed by atoms with Crippen molar-refractivity contribution in [1.29, 1.82) is 0 Å². The van der Waals surface area contributed by atoms with E-state index in [1.165, 1.54) is 18.6 Å². The molecule has 0 aliphatic heterocycles. The van der Waals surface area contributed by atoms with Crippen LogP contribution in [0.25, 0.3) is 0 Å². The molecule has 0 aliphatic carbocycles. The summed E-state index contributed by atoms with van der Waals surface area (Å²) in [7, 11) is 1.39. The zero-order valence-electron chi connectivity index (χ0n) is 10.9. The number of aromatic nitrogens is 2. The number of hydrogen-bond acceptors (Lipinski definition) is 6. The van der Waals surface area contributed by atoms with Gasteiger partial charge in [0.05, 0.1) is 12.5 Å². The summed E-state index contributed by atoms with van der Waals surface area (Å²) in [5.74, 6) is 0.905. The maximum atomic E-state index is 11.5. The number of hydrogen-bond donors (Lipinski definition) is 1. The minimum Gasteiger partial charge on any atom is -0.469 e. The molecule has 0 saturated carbocycles. The fraction of sp³-hybridized carbons (Fsp3) is 0.727. The summed E-state index contributed by atoms with van der Waals surface area (Å²) < 4.78 is 8.97. The Balaban J connectivity index is 2.58. The fourth-order valence-electron chi connectivity index (χ4n) is 1.19. The summed E-state index contributed by atoms with van der Waals surface area (Å²) in [4.78, 5) is 15.8. The van der Waals surface area contributed by atoms with E-state index in [-0.39, 0.29) is 5.97 Å². The van der Waals surface area contributed by atoms with Crippen molar-refractivity contribution in [3.8, 4) is 0 Å². The van der Waals surface area contributed by atoms with Gasteiger partial charge in [-0.05, 0) is 13.8 Å². The van der Waals surface area contributed by atoms with E-state index in [0.29, 0.717) is 12.5 Å². The van der Waals surface area contributed by atoms with Crippen LogP contribution in [0, 0.1) is 5.41 Å². The van der Waals surface area contributed by atoms with Gasteiger partial charge in [0, 0.05) is 24.0 Å². The van der Waals surface area contributed by atoms with Crippen LogP contribution >= 0.6 is 11.5 Å². The second kappa shape index (κ2) is 5.44. The lowest BCUT2D eigenvalue weighted by molar-refractivity contribution is -0.149. The summed E-state index contributed by atoms with van der Waals surface area (Å²) in [5.41, 5.74) is -0.571. The summed E-state index contributed by atoms with van der Waals surface area (Å²) in [6.07, 6.45) is 0. The standard InChI is InChI=1S/C11H19N3O2S/c1-7(2)8-13-10(17-14-8)12-6-11(3,4)9(15)16-5/h7H,6H2,1-5H3,(H,12,13,14). The zero-order chi connectivity index (χ0) is 13.1. The van der Waals surface area contributed by atoms with Crippen LogP contribution in [-0.4, -0.2) is 29.0 Å². The van der Waals surface area contributed by atoms with Crippen molar-refractivity contribution < 1.29 is 9.53 Å². The number of esters is 1. The highest BCUT2D eigenvalue weighted by Crippen LogP contribution is 2.21. The van der Waals surface area contributed by atoms with Crippen LogP contribution in [0.2, 0.25) is 0 Å². The van der Waals surface area contributed by atoms with Gasteiger partial charge in [0.25, 0.3) is 0 Å². The topological polar surface area (TPSA) is 64.1 Å². The van der Waals surface area contributed by atoms with Crippen molar-refractivity contribution in [1.82, 2.24) is 9.36 Å². The maximum Gasteiger partial charge on any atom is 0.313 e. The van der Waals surface area contributed by atoms with Gasteiger partial charge in [-0.3, -0.25) is 4.79 Å². The molecule has 6 heteroatoms. The number of ether oxygens (including phenoxy) is 1. The van der Waals surface area contributed by atoms with E-state index in [9.17, 15) is 4.79 Å². The van der Waals surface area contributed by atoms with Gasteiger partial charge in [-0.1, -0.05) is 13.8 Å². The third-order valence-corrected chi connectivity index (χ3v) is 3.06. The Morgan fingerprint density at radius 2 is 2.18 bits per heavy atom. The summed E-state index contributed by atoms with van der Waals surface area (Å²) in [6.45, 7) is 8.23. The van der Waals surface area contributed by atoms with E-state index in [4.69, 9.17) is 4.74 Å². The lowest BCUT2D eigenvalue weighted by Crippen LogP contribution is -2.33. The number of nitrogens with one attached hydrogen (secondary N) is 1. The molecule has 17 heavy (non-hydrogen) atoms. The van der Waals surface area contributed by atoms with Crippen molar-refractivity contribution in [2.24, 2.45) is 5.41 Å². The third kappa shape index (κ3) is 3.66. The highest BCUT2D eigenvalue weighted by molar-refractivity contribution is 7.09. The summed E-state index contributed by atoms with van der Waals surface area (Å²) in [6, 6.07) is 0. The Kier molecular flexibility index (Phi) is 4.45. The molecule has 0 spiro atoms. The van der Waals surface area contributed by atoms with Crippen LogP contribution in [-0.2, 0) is 9.53 Å². The van der Waals surface area contributed by atoms with Crippen LogP contribution in [0.3, 0.4) is 0 Å². The molecule has 0 aliphatic rings. The first kappa shape index (κ1) is 13.9. The molecule has 5 nitrogen and oxygen atoms in total. The molecule has 0 amide bonds. The smallest absolute Gasteiger partial charge is 0.313 e. The lowest BCUT2D eigenvalue weighted by Gasteiger charge is -2.21. The second-order valence-corrected chi connectivity index (χ2v) is 5.59. The molecule has 0 saturated heterocycles. The fourth-order valence-corrected chi connectivity index (χ4v) is 1.89. The lowest BCUT2D eigenvalue weighted by atomic mass is 9.94. The van der Waals surface area contributed by atoms with Gasteiger partial charge in [-0.25, -0.2) is 4.98 Å². The van der Waals surface area contributed by atoms with E-state index in [2.05, 4.69) is 14.7 Å². The van der Waals surface area contributed by atoms with Crippen LogP contribution in [0.5, 0.6) is 0 Å². The molecule has 0 bridgehead atoms. The van der Waals surface area contributed by atoms with Crippen LogP contribution < -0.4 is 5.32 Å². The molecule has 0 atom stereocenters. The van der Waals surface area contributed by atoms with E-state index in [1.54, 1.807) is 0 Å². The molecule has 1 aromatic heterocycles. The average molecular weight is 257 g/mol. The van der Waals surface area contributed by atoms with E-state index >= 15 is 0 Å². The Morgan fingerprint density at radius 1 is 1.53 bits per heavy atom. The van der Waals surface area contributed by atoms with Gasteiger partial charge in [0.2, 0.25) is 5.13 Å². The maximum absolute atomic E-state index is 11.5. The Morgan fingerprint density at radius 3 is 2.65 bits per heavy atom. The molecule has 1 aromatic rings. The first-order chi connectivity index (χ1) is 7.86. The van der Waals surface area contributed by atoms with Gasteiger partial charge < -0.3 is 10.1 Å². The van der Waals surface area contributed by atoms with E-state index in [0.717, 1.165) is 11.0 Å². The third-order valence-electron chi connectivity index (χ3n) is 2.38. The van der Waals surface area contributed by atoms with Crippen LogP contribution in [0.4, 0.5) is 5.13 Å². The first-order valence-electron chi connectivity index (χ1n) is 5.52. The predicted octanol–water partition coefficient (Wildman–Crippen LogP) is 2.27. The number of nitrogens with zero attached hydrogens (tertiary/aromatic N) is 2. The molecule has 1 N–H and O–H groups in total. The van der Waals surface area contributed by atoms with Crippen molar-refractivity contribution in [3.05, 3.63) is 5.82 Å². The summed E-state index contributed by atoms with van der Waals surface area (Å²) in [5, 5.41) is 3.86. The number of carbonyl (C=O) groups excluding carboxylic acids is 1. The van der Waals surface area contributed by atoms with Gasteiger partial charge in [0.15, 0.2) is 0 Å². The normalized spacial score (nSPS) is 11.6. The largest absolute Gasteiger partial charge is 0.469 e. The quantitative estimate of drug-likeness (QED) is 0.820. The van der Waals surface area contributed by atoms with E-state index < -0.39 is 5.41 Å². The minimum absolute atomic E-state index is 0.237. The molecular formula is C11H19N3O2S. The second-order valence-electron chi connectivity index (χ2n) is 4.84. The van der Waals surface area contributed by atoms with Crippen LogP contribution in [0.15, 0.2) is 0 Å². The Labute approximate surface area is 106 Å². The molecule has 96 valence electrons. The Bertz CT molecular complexity index is 388. The van der Waals surface area contributed by atoms with Gasteiger partial charge in [0.1, 0.15) is 5.82 Å². The van der Waals surface area contributed by atoms with Gasteiger partial charge >= 0.3 is 5.97 Å². The van der Waals surface area contributed by atoms with E-state index in [1.807, 2.05) is 27.7 Å². The SMILES string of the molecule is COC(=O)C(C)(C)CNc1nc(C(C)C)ns1. The van der Waals surface area contributed by atoms with Crippen LogP contribution in [0.1, 0.15) is 39.4 Å². The molecular weight excluding hydrogens is 238 g/mol. The monoisotopic (exact) mass is 257 g/mol. The van der Waals surface area contributed by atoms with Crippen molar-refractivity contribution in [2.75, 3.05) is 19.0 Å². The number of anilines is 1. The minimum atomic E-state index is -0.571. The highest BCUT2D eigenvalue weighted by atomic mass is 32.1. The zero-order valence-corrected chi connectivity index (χ0v) is 11.7. The van der Waals surface area contributed by atoms with Crippen molar-refractivity contribution in [2.45, 2.75) is 33.6 Å². The van der Waals surface area contributed by atoms with Gasteiger partial charge in [-0.2, -0.15) is 4.37 Å². The summed E-state index contributed by atoms with van der Waals surface area (Å²) >= 11 is 1.31. The molecule has 0 fully saturated rings. The molecule has 0 unspecified atom stereocenters. The molecule has 1 rings (SSSR count). The first-order valence-corrected chi connectivity index (χ1v) is 6.30. The highest BCUT2D eigenvalue weighted by Gasteiger charge is 2.28. The number of carbonyl (C=O) groups is 1. The van der Waals surface area contributed by atoms with Crippen molar-refractivity contribution >= 4 is 22.6 Å². The molecule has 1 heterocycles. The average Bonchev–Trinajstić information content (AvgIpc) is 2.74. The number of rotatable bonds is 5. The van der Waals surface area contributed by atoms with Gasteiger partial charge in [-0.15, -0.1) is 0 Å². The van der Waals surface area contributed by atoms with Crippen molar-refractivity contribution in [3.63, 3.8) is 0 Å². The predicted molar refractivity (Wildman–Crippen MR) is 68.3 cm³/mol. The number of methoxy groups -OCH3 is 1.